The predicted octanol–water partition coefficient (Wildman–Crippen LogP) is 4.49. The van der Waals surface area contributed by atoms with E-state index in [-0.39, 0.29) is 12.3 Å². The van der Waals surface area contributed by atoms with Crippen LogP contribution in [0.5, 0.6) is 0 Å². The van der Waals surface area contributed by atoms with Gasteiger partial charge < -0.3 is 14.5 Å². The molecular formula is C23H24N4O. The zero-order chi connectivity index (χ0) is 19.7. The van der Waals surface area contributed by atoms with Crippen LogP contribution in [0.4, 0.5) is 5.95 Å². The predicted molar refractivity (Wildman–Crippen MR) is 113 cm³/mol. The van der Waals surface area contributed by atoms with E-state index in [1.807, 2.05) is 78.6 Å². The average Bonchev–Trinajstić information content (AvgIpc) is 3.19. The number of aryl methyl sites for hydroxylation is 1. The molecule has 2 aromatic carbocycles. The van der Waals surface area contributed by atoms with Crippen molar-refractivity contribution in [2.45, 2.75) is 26.9 Å². The molecular weight excluding hydrogens is 348 g/mol. The highest BCUT2D eigenvalue weighted by Gasteiger charge is 2.18. The molecule has 5 heteroatoms. The van der Waals surface area contributed by atoms with Crippen LogP contribution < -0.4 is 5.32 Å². The van der Waals surface area contributed by atoms with Crippen molar-refractivity contribution < 1.29 is 4.79 Å². The SMILES string of the molecule is Cc1cc(C(=O)Cn2c(NCc3ccccc3)nc3ccccc32)c(C)n1C. The second-order valence-electron chi connectivity index (χ2n) is 7.12. The van der Waals surface area contributed by atoms with E-state index >= 15 is 0 Å². The summed E-state index contributed by atoms with van der Waals surface area (Å²) in [5, 5.41) is 3.40. The third kappa shape index (κ3) is 3.31. The van der Waals surface area contributed by atoms with Crippen molar-refractivity contribution in [2.24, 2.45) is 7.05 Å². The Morgan fingerprint density at radius 1 is 1.04 bits per heavy atom. The van der Waals surface area contributed by atoms with Gasteiger partial charge in [0.05, 0.1) is 17.6 Å². The fraction of sp³-hybridized carbons (Fsp3) is 0.217. The highest BCUT2D eigenvalue weighted by atomic mass is 16.1. The minimum atomic E-state index is 0.0899. The molecule has 0 radical (unpaired) electrons. The van der Waals surface area contributed by atoms with Crippen LogP contribution in [0, 0.1) is 13.8 Å². The number of nitrogens with one attached hydrogen (secondary N) is 1. The van der Waals surface area contributed by atoms with E-state index in [1.165, 1.54) is 5.56 Å². The van der Waals surface area contributed by atoms with Crippen molar-refractivity contribution in [3.63, 3.8) is 0 Å². The van der Waals surface area contributed by atoms with Crippen molar-refractivity contribution in [3.8, 4) is 0 Å². The number of imidazole rings is 1. The Labute approximate surface area is 164 Å². The zero-order valence-corrected chi connectivity index (χ0v) is 16.4. The van der Waals surface area contributed by atoms with E-state index < -0.39 is 0 Å². The number of nitrogens with zero attached hydrogens (tertiary/aromatic N) is 3. The molecule has 142 valence electrons. The van der Waals surface area contributed by atoms with Crippen molar-refractivity contribution in [2.75, 3.05) is 5.32 Å². The number of benzene rings is 2. The first-order valence-electron chi connectivity index (χ1n) is 9.44. The maximum absolute atomic E-state index is 13.1. The number of aromatic nitrogens is 3. The van der Waals surface area contributed by atoms with Gasteiger partial charge in [0.25, 0.3) is 0 Å². The van der Waals surface area contributed by atoms with Crippen LogP contribution in [0.15, 0.2) is 60.7 Å². The van der Waals surface area contributed by atoms with E-state index in [0.717, 1.165) is 28.0 Å². The van der Waals surface area contributed by atoms with Gasteiger partial charge in [-0.25, -0.2) is 4.98 Å². The lowest BCUT2D eigenvalue weighted by molar-refractivity contribution is 0.0973. The molecule has 0 saturated carbocycles. The van der Waals surface area contributed by atoms with E-state index in [4.69, 9.17) is 4.98 Å². The van der Waals surface area contributed by atoms with Gasteiger partial charge in [0.1, 0.15) is 0 Å². The van der Waals surface area contributed by atoms with Gasteiger partial charge in [-0.3, -0.25) is 4.79 Å². The molecule has 0 spiro atoms. The highest BCUT2D eigenvalue weighted by Crippen LogP contribution is 2.22. The van der Waals surface area contributed by atoms with Gasteiger partial charge in [-0.2, -0.15) is 0 Å². The summed E-state index contributed by atoms with van der Waals surface area (Å²) in [6.45, 7) is 4.91. The van der Waals surface area contributed by atoms with Crippen LogP contribution in [-0.2, 0) is 20.1 Å². The molecule has 1 N–H and O–H groups in total. The van der Waals surface area contributed by atoms with Crippen LogP contribution >= 0.6 is 0 Å². The largest absolute Gasteiger partial charge is 0.352 e. The van der Waals surface area contributed by atoms with Crippen LogP contribution in [0.3, 0.4) is 0 Å². The first-order chi connectivity index (χ1) is 13.5. The molecule has 0 unspecified atom stereocenters. The summed E-state index contributed by atoms with van der Waals surface area (Å²) in [6.07, 6.45) is 0. The molecule has 0 bridgehead atoms. The Bertz CT molecular complexity index is 1140. The molecule has 28 heavy (non-hydrogen) atoms. The lowest BCUT2D eigenvalue weighted by Crippen LogP contribution is -2.14. The molecule has 0 aliphatic heterocycles. The molecule has 2 aromatic heterocycles. The first kappa shape index (κ1) is 18.0. The van der Waals surface area contributed by atoms with Gasteiger partial charge in [-0.1, -0.05) is 42.5 Å². The Morgan fingerprint density at radius 2 is 1.75 bits per heavy atom. The summed E-state index contributed by atoms with van der Waals surface area (Å²) in [6, 6.07) is 20.1. The van der Waals surface area contributed by atoms with Gasteiger partial charge in [-0.15, -0.1) is 0 Å². The maximum Gasteiger partial charge on any atom is 0.204 e. The molecule has 2 heterocycles. The molecule has 0 fully saturated rings. The van der Waals surface area contributed by atoms with E-state index in [0.29, 0.717) is 12.5 Å². The monoisotopic (exact) mass is 372 g/mol. The third-order valence-corrected chi connectivity index (χ3v) is 5.33. The van der Waals surface area contributed by atoms with Gasteiger partial charge >= 0.3 is 0 Å². The summed E-state index contributed by atoms with van der Waals surface area (Å²) >= 11 is 0. The number of para-hydroxylation sites is 2. The Kier molecular flexibility index (Phi) is 4.74. The highest BCUT2D eigenvalue weighted by molar-refractivity contribution is 5.98. The minimum absolute atomic E-state index is 0.0899. The van der Waals surface area contributed by atoms with Gasteiger partial charge in [-0.05, 0) is 37.6 Å². The third-order valence-electron chi connectivity index (χ3n) is 5.33. The van der Waals surface area contributed by atoms with Crippen molar-refractivity contribution in [1.82, 2.24) is 14.1 Å². The second-order valence-corrected chi connectivity index (χ2v) is 7.12. The number of anilines is 1. The number of carbonyl (C=O) groups excluding carboxylic acids is 1. The number of fused-ring (bicyclic) bond motifs is 1. The van der Waals surface area contributed by atoms with Gasteiger partial charge in [0.2, 0.25) is 5.95 Å². The molecule has 0 aliphatic carbocycles. The fourth-order valence-corrected chi connectivity index (χ4v) is 3.51. The number of Topliss-reactive ketones (excluding diaryl/α,β-unsaturated/α-hetero) is 1. The van der Waals surface area contributed by atoms with Crippen LogP contribution in [-0.4, -0.2) is 19.9 Å². The Morgan fingerprint density at radius 3 is 2.46 bits per heavy atom. The molecule has 0 saturated heterocycles. The molecule has 0 aliphatic rings. The number of hydrogen-bond donors (Lipinski definition) is 1. The average molecular weight is 372 g/mol. The molecule has 4 rings (SSSR count). The maximum atomic E-state index is 13.1. The van der Waals surface area contributed by atoms with E-state index in [9.17, 15) is 4.79 Å². The molecule has 4 aromatic rings. The van der Waals surface area contributed by atoms with Gasteiger partial charge in [0.15, 0.2) is 5.78 Å². The second kappa shape index (κ2) is 7.35. The summed E-state index contributed by atoms with van der Waals surface area (Å²) in [5.74, 6) is 0.802. The lowest BCUT2D eigenvalue weighted by atomic mass is 10.1. The summed E-state index contributed by atoms with van der Waals surface area (Å²) in [7, 11) is 1.99. The van der Waals surface area contributed by atoms with Crippen LogP contribution in [0.2, 0.25) is 0 Å². The van der Waals surface area contributed by atoms with Crippen molar-refractivity contribution in [3.05, 3.63) is 83.2 Å². The number of ketones is 1. The van der Waals surface area contributed by atoms with E-state index in [2.05, 4.69) is 17.4 Å². The smallest absolute Gasteiger partial charge is 0.204 e. The molecule has 0 atom stereocenters. The van der Waals surface area contributed by atoms with Crippen molar-refractivity contribution in [1.29, 1.82) is 0 Å². The quantitative estimate of drug-likeness (QED) is 0.508. The van der Waals surface area contributed by atoms with E-state index in [1.54, 1.807) is 0 Å². The van der Waals surface area contributed by atoms with Crippen LogP contribution in [0.1, 0.15) is 27.3 Å². The number of rotatable bonds is 6. The summed E-state index contributed by atoms with van der Waals surface area (Å²) < 4.78 is 4.02. The zero-order valence-electron chi connectivity index (χ0n) is 16.4. The first-order valence-corrected chi connectivity index (χ1v) is 9.44. The normalized spacial score (nSPS) is 11.1. The Hall–Kier alpha value is -3.34. The standard InChI is InChI=1S/C23H24N4O/c1-16-13-19(17(2)26(16)3)22(28)15-27-21-12-8-7-11-20(21)25-23(27)24-14-18-9-5-4-6-10-18/h4-13H,14-15H2,1-3H3,(H,24,25). The summed E-state index contributed by atoms with van der Waals surface area (Å²) in [5.41, 5.74) is 5.85. The van der Waals surface area contributed by atoms with Crippen LogP contribution in [0.25, 0.3) is 11.0 Å². The van der Waals surface area contributed by atoms with Crippen molar-refractivity contribution >= 4 is 22.8 Å². The number of carbonyl (C=O) groups is 1. The topological polar surface area (TPSA) is 51.9 Å². The number of hydrogen-bond acceptors (Lipinski definition) is 3. The molecule has 5 nitrogen and oxygen atoms in total. The fourth-order valence-electron chi connectivity index (χ4n) is 3.51. The molecule has 0 amide bonds. The summed E-state index contributed by atoms with van der Waals surface area (Å²) in [4.78, 5) is 17.8. The minimum Gasteiger partial charge on any atom is -0.352 e. The Balaban J connectivity index is 1.66. The van der Waals surface area contributed by atoms with Gasteiger partial charge in [0, 0.05) is 30.5 Å². The lowest BCUT2D eigenvalue weighted by Gasteiger charge is -2.11.